The smallest absolute Gasteiger partial charge is 0.254 e. The van der Waals surface area contributed by atoms with Gasteiger partial charge in [-0.15, -0.1) is 0 Å². The molecule has 1 aromatic heterocycles. The van der Waals surface area contributed by atoms with Gasteiger partial charge in [-0.05, 0) is 23.8 Å². The van der Waals surface area contributed by atoms with Crippen LogP contribution >= 0.6 is 23.2 Å². The monoisotopic (exact) mass is 313 g/mol. The van der Waals surface area contributed by atoms with E-state index in [-0.39, 0.29) is 22.3 Å². The summed E-state index contributed by atoms with van der Waals surface area (Å²) in [7, 11) is 0. The second-order valence-corrected chi connectivity index (χ2v) is 4.80. The first-order chi connectivity index (χ1) is 9.47. The first-order valence-electron chi connectivity index (χ1n) is 5.60. The molecule has 0 radical (unpaired) electrons. The van der Waals surface area contributed by atoms with Gasteiger partial charge in [-0.1, -0.05) is 29.3 Å². The third kappa shape index (κ3) is 3.37. The molecule has 0 bridgehead atoms. The van der Waals surface area contributed by atoms with Crippen LogP contribution in [0, 0.1) is 5.82 Å². The van der Waals surface area contributed by atoms with E-state index in [1.54, 1.807) is 0 Å². The fourth-order valence-electron chi connectivity index (χ4n) is 1.55. The zero-order chi connectivity index (χ0) is 14.7. The van der Waals surface area contributed by atoms with Crippen molar-refractivity contribution in [1.29, 1.82) is 0 Å². The lowest BCUT2D eigenvalue weighted by Crippen LogP contribution is -2.23. The molecule has 0 aliphatic carbocycles. The van der Waals surface area contributed by atoms with Gasteiger partial charge in [-0.2, -0.15) is 0 Å². The van der Waals surface area contributed by atoms with Gasteiger partial charge in [-0.25, -0.2) is 9.37 Å². The summed E-state index contributed by atoms with van der Waals surface area (Å²) >= 11 is 11.5. The Kier molecular flexibility index (Phi) is 4.42. The SMILES string of the molecule is Nc1cnc(Cl)c(C(=O)NCc2ccc(F)c(Cl)c2)c1. The van der Waals surface area contributed by atoms with Crippen molar-refractivity contribution < 1.29 is 9.18 Å². The number of carbonyl (C=O) groups is 1. The topological polar surface area (TPSA) is 68.0 Å². The highest BCUT2D eigenvalue weighted by Gasteiger charge is 2.12. The molecule has 1 aromatic carbocycles. The third-order valence-corrected chi connectivity index (χ3v) is 3.13. The molecule has 104 valence electrons. The standard InChI is InChI=1S/C13H10Cl2FN3O/c14-10-3-7(1-2-11(10)16)5-19-13(20)9-4-8(17)6-18-12(9)15/h1-4,6H,5,17H2,(H,19,20). The highest BCUT2D eigenvalue weighted by Crippen LogP contribution is 2.17. The normalized spacial score (nSPS) is 10.3. The van der Waals surface area contributed by atoms with Gasteiger partial charge < -0.3 is 11.1 Å². The lowest BCUT2D eigenvalue weighted by atomic mass is 10.2. The fraction of sp³-hybridized carbons (Fsp3) is 0.0769. The van der Waals surface area contributed by atoms with Crippen LogP contribution in [0.5, 0.6) is 0 Å². The highest BCUT2D eigenvalue weighted by molar-refractivity contribution is 6.32. The minimum Gasteiger partial charge on any atom is -0.397 e. The average Bonchev–Trinajstić information content (AvgIpc) is 2.42. The van der Waals surface area contributed by atoms with Crippen LogP contribution in [0.25, 0.3) is 0 Å². The number of hydrogen-bond acceptors (Lipinski definition) is 3. The number of pyridine rings is 1. The number of hydrogen-bond donors (Lipinski definition) is 2. The van der Waals surface area contributed by atoms with Crippen molar-refractivity contribution in [2.75, 3.05) is 5.73 Å². The summed E-state index contributed by atoms with van der Waals surface area (Å²) in [4.78, 5) is 15.7. The predicted molar refractivity (Wildman–Crippen MR) is 76.2 cm³/mol. The molecule has 0 unspecified atom stereocenters. The highest BCUT2D eigenvalue weighted by atomic mass is 35.5. The molecule has 4 nitrogen and oxygen atoms in total. The first-order valence-corrected chi connectivity index (χ1v) is 6.36. The molecular weight excluding hydrogens is 304 g/mol. The van der Waals surface area contributed by atoms with E-state index in [2.05, 4.69) is 10.3 Å². The van der Waals surface area contributed by atoms with E-state index in [1.807, 2.05) is 0 Å². The number of carbonyl (C=O) groups excluding carboxylic acids is 1. The van der Waals surface area contributed by atoms with Gasteiger partial charge in [0.1, 0.15) is 11.0 Å². The lowest BCUT2D eigenvalue weighted by molar-refractivity contribution is 0.0950. The number of aromatic nitrogens is 1. The average molecular weight is 314 g/mol. The van der Waals surface area contributed by atoms with Crippen LogP contribution in [0.1, 0.15) is 15.9 Å². The number of benzene rings is 1. The van der Waals surface area contributed by atoms with Crippen LogP contribution in [0.2, 0.25) is 10.2 Å². The summed E-state index contributed by atoms with van der Waals surface area (Å²) in [6.45, 7) is 0.184. The van der Waals surface area contributed by atoms with E-state index < -0.39 is 11.7 Å². The summed E-state index contributed by atoms with van der Waals surface area (Å²) < 4.78 is 13.0. The van der Waals surface area contributed by atoms with Crippen LogP contribution in [0.3, 0.4) is 0 Å². The molecule has 0 atom stereocenters. The molecule has 1 amide bonds. The molecule has 0 spiro atoms. The number of amides is 1. The van der Waals surface area contributed by atoms with Gasteiger partial charge in [-0.3, -0.25) is 4.79 Å². The van der Waals surface area contributed by atoms with E-state index in [1.165, 1.54) is 30.5 Å². The summed E-state index contributed by atoms with van der Waals surface area (Å²) in [5, 5.41) is 2.69. The Morgan fingerprint density at radius 1 is 1.35 bits per heavy atom. The van der Waals surface area contributed by atoms with E-state index in [9.17, 15) is 9.18 Å². The third-order valence-electron chi connectivity index (χ3n) is 2.54. The first kappa shape index (κ1) is 14.6. The number of nitrogens with one attached hydrogen (secondary N) is 1. The Bertz CT molecular complexity index is 664. The number of nitrogens with two attached hydrogens (primary N) is 1. The Labute approximate surface area is 124 Å². The minimum absolute atomic E-state index is 0.000374. The Hall–Kier alpha value is -1.85. The fourth-order valence-corrected chi connectivity index (χ4v) is 1.94. The maximum atomic E-state index is 13.0. The summed E-state index contributed by atoms with van der Waals surface area (Å²) in [6, 6.07) is 5.64. The van der Waals surface area contributed by atoms with Crippen molar-refractivity contribution in [3.8, 4) is 0 Å². The molecule has 0 saturated carbocycles. The summed E-state index contributed by atoms with van der Waals surface area (Å²) in [6.07, 6.45) is 1.36. The van der Waals surface area contributed by atoms with Crippen molar-refractivity contribution in [2.24, 2.45) is 0 Å². The number of anilines is 1. The van der Waals surface area contributed by atoms with Crippen LogP contribution in [0.15, 0.2) is 30.5 Å². The van der Waals surface area contributed by atoms with Gasteiger partial charge in [0.05, 0.1) is 22.5 Å². The minimum atomic E-state index is -0.509. The van der Waals surface area contributed by atoms with Crippen molar-refractivity contribution in [3.05, 3.63) is 57.6 Å². The summed E-state index contributed by atoms with van der Waals surface area (Å²) in [5.41, 5.74) is 6.73. The maximum Gasteiger partial charge on any atom is 0.254 e. The van der Waals surface area contributed by atoms with Crippen molar-refractivity contribution >= 4 is 34.8 Å². The quantitative estimate of drug-likeness (QED) is 0.856. The second-order valence-electron chi connectivity index (χ2n) is 4.04. The number of halogens is 3. The molecule has 2 aromatic rings. The molecule has 20 heavy (non-hydrogen) atoms. The molecule has 0 saturated heterocycles. The molecule has 0 aliphatic rings. The van der Waals surface area contributed by atoms with Gasteiger partial charge in [0.15, 0.2) is 0 Å². The van der Waals surface area contributed by atoms with Crippen molar-refractivity contribution in [3.63, 3.8) is 0 Å². The number of nitrogen functional groups attached to an aromatic ring is 1. The molecule has 3 N–H and O–H groups in total. The lowest BCUT2D eigenvalue weighted by Gasteiger charge is -2.07. The van der Waals surface area contributed by atoms with E-state index in [0.717, 1.165) is 0 Å². The van der Waals surface area contributed by atoms with Gasteiger partial charge in [0.25, 0.3) is 5.91 Å². The van der Waals surface area contributed by atoms with Crippen molar-refractivity contribution in [1.82, 2.24) is 10.3 Å². The number of rotatable bonds is 3. The van der Waals surface area contributed by atoms with Gasteiger partial charge in [0.2, 0.25) is 0 Å². The second kappa shape index (κ2) is 6.07. The van der Waals surface area contributed by atoms with Gasteiger partial charge in [0, 0.05) is 6.54 Å². The summed E-state index contributed by atoms with van der Waals surface area (Å²) in [5.74, 6) is -0.930. The molecular formula is C13H10Cl2FN3O. The van der Waals surface area contributed by atoms with E-state index in [0.29, 0.717) is 11.3 Å². The molecule has 1 heterocycles. The molecule has 2 rings (SSSR count). The van der Waals surface area contributed by atoms with Crippen LogP contribution in [-0.2, 0) is 6.54 Å². The zero-order valence-corrected chi connectivity index (χ0v) is 11.7. The Morgan fingerprint density at radius 2 is 2.10 bits per heavy atom. The van der Waals surface area contributed by atoms with Gasteiger partial charge >= 0.3 is 0 Å². The molecule has 7 heteroatoms. The Morgan fingerprint density at radius 3 is 2.80 bits per heavy atom. The van der Waals surface area contributed by atoms with Crippen molar-refractivity contribution in [2.45, 2.75) is 6.54 Å². The van der Waals surface area contributed by atoms with Crippen LogP contribution in [0.4, 0.5) is 10.1 Å². The predicted octanol–water partition coefficient (Wildman–Crippen LogP) is 3.04. The van der Waals surface area contributed by atoms with Crippen LogP contribution < -0.4 is 11.1 Å². The largest absolute Gasteiger partial charge is 0.397 e. The Balaban J connectivity index is 2.08. The number of nitrogens with zero attached hydrogens (tertiary/aromatic N) is 1. The maximum absolute atomic E-state index is 13.0. The molecule has 0 fully saturated rings. The van der Waals surface area contributed by atoms with Crippen LogP contribution in [-0.4, -0.2) is 10.9 Å². The zero-order valence-electron chi connectivity index (χ0n) is 10.2. The van der Waals surface area contributed by atoms with E-state index in [4.69, 9.17) is 28.9 Å². The van der Waals surface area contributed by atoms with E-state index >= 15 is 0 Å². The molecule has 0 aliphatic heterocycles.